The first-order valence-electron chi connectivity index (χ1n) is 6.62. The summed E-state index contributed by atoms with van der Waals surface area (Å²) in [5.41, 5.74) is 2.87. The number of hydrogen-bond donors (Lipinski definition) is 1. The molecule has 0 saturated heterocycles. The van der Waals surface area contributed by atoms with E-state index in [1.54, 1.807) is 18.5 Å². The first-order chi connectivity index (χ1) is 10.1. The van der Waals surface area contributed by atoms with Crippen molar-refractivity contribution in [3.05, 3.63) is 48.0 Å². The number of rotatable bonds is 3. The molecule has 1 N–H and O–H groups in total. The van der Waals surface area contributed by atoms with Crippen molar-refractivity contribution in [3.8, 4) is 0 Å². The lowest BCUT2D eigenvalue weighted by Crippen LogP contribution is -2.16. The number of anilines is 1. The number of amides is 1. The number of aryl methyl sites for hydroxylation is 2. The van der Waals surface area contributed by atoms with E-state index in [-0.39, 0.29) is 12.3 Å². The number of nitrogens with zero attached hydrogens (tertiary/aromatic N) is 4. The second kappa shape index (κ2) is 5.32. The maximum absolute atomic E-state index is 12.0. The summed E-state index contributed by atoms with van der Waals surface area (Å²) < 4.78 is 2.02. The Morgan fingerprint density at radius 3 is 2.81 bits per heavy atom. The first kappa shape index (κ1) is 13.2. The summed E-state index contributed by atoms with van der Waals surface area (Å²) in [4.78, 5) is 24.4. The number of carbonyl (C=O) groups excluding carboxylic acids is 1. The summed E-state index contributed by atoms with van der Waals surface area (Å²) in [6.45, 7) is 1.96. The molecule has 2 aromatic heterocycles. The fourth-order valence-corrected chi connectivity index (χ4v) is 2.19. The largest absolute Gasteiger partial charge is 0.331 e. The molecular weight excluding hydrogens is 266 g/mol. The zero-order valence-electron chi connectivity index (χ0n) is 11.9. The van der Waals surface area contributed by atoms with Gasteiger partial charge < -0.3 is 4.57 Å². The molecular formula is C15H15N5O. The summed E-state index contributed by atoms with van der Waals surface area (Å²) >= 11 is 0. The van der Waals surface area contributed by atoms with E-state index in [1.807, 2.05) is 36.7 Å². The van der Waals surface area contributed by atoms with E-state index >= 15 is 0 Å². The van der Waals surface area contributed by atoms with Crippen LogP contribution < -0.4 is 5.32 Å². The van der Waals surface area contributed by atoms with E-state index in [2.05, 4.69) is 20.3 Å². The van der Waals surface area contributed by atoms with E-state index in [0.717, 1.165) is 22.4 Å². The Labute approximate surface area is 121 Å². The fraction of sp³-hybridized carbons (Fsp3) is 0.200. The zero-order chi connectivity index (χ0) is 14.8. The lowest BCUT2D eigenvalue weighted by atomic mass is 10.1. The van der Waals surface area contributed by atoms with Gasteiger partial charge in [0.25, 0.3) is 0 Å². The lowest BCUT2D eigenvalue weighted by Gasteiger charge is -2.03. The highest BCUT2D eigenvalue weighted by Crippen LogP contribution is 2.16. The molecule has 0 aliphatic rings. The second-order valence-electron chi connectivity index (χ2n) is 4.84. The van der Waals surface area contributed by atoms with E-state index < -0.39 is 0 Å². The van der Waals surface area contributed by atoms with Crippen LogP contribution in [0.5, 0.6) is 0 Å². The Balaban J connectivity index is 1.77. The Hall–Kier alpha value is -2.76. The molecule has 3 rings (SSSR count). The van der Waals surface area contributed by atoms with Crippen LogP contribution >= 0.6 is 0 Å². The quantitative estimate of drug-likeness (QED) is 0.795. The molecule has 1 amide bonds. The molecule has 6 nitrogen and oxygen atoms in total. The van der Waals surface area contributed by atoms with Crippen LogP contribution in [0.2, 0.25) is 0 Å². The van der Waals surface area contributed by atoms with Gasteiger partial charge in [-0.1, -0.05) is 6.07 Å². The molecule has 21 heavy (non-hydrogen) atoms. The SMILES string of the molecule is Cc1nc2cc(CC(=O)Nc3ncccn3)ccc2n1C. The maximum atomic E-state index is 12.0. The predicted octanol–water partition coefficient (Wildman–Crippen LogP) is 1.85. The molecule has 2 heterocycles. The van der Waals surface area contributed by atoms with E-state index in [4.69, 9.17) is 0 Å². The van der Waals surface area contributed by atoms with Crippen molar-refractivity contribution in [1.82, 2.24) is 19.5 Å². The van der Waals surface area contributed by atoms with Crippen LogP contribution in [0.1, 0.15) is 11.4 Å². The van der Waals surface area contributed by atoms with Gasteiger partial charge in [0.2, 0.25) is 11.9 Å². The smallest absolute Gasteiger partial charge is 0.231 e. The summed E-state index contributed by atoms with van der Waals surface area (Å²) in [6, 6.07) is 7.56. The van der Waals surface area contributed by atoms with Crippen LogP contribution in [0.4, 0.5) is 5.95 Å². The van der Waals surface area contributed by atoms with Gasteiger partial charge in [-0.3, -0.25) is 10.1 Å². The number of aromatic nitrogens is 4. The minimum absolute atomic E-state index is 0.145. The number of hydrogen-bond acceptors (Lipinski definition) is 4. The zero-order valence-corrected chi connectivity index (χ0v) is 11.9. The molecule has 1 aromatic carbocycles. The van der Waals surface area contributed by atoms with Crippen molar-refractivity contribution in [2.45, 2.75) is 13.3 Å². The summed E-state index contributed by atoms with van der Waals surface area (Å²) in [5.74, 6) is 1.12. The highest BCUT2D eigenvalue weighted by Gasteiger charge is 2.09. The molecule has 3 aromatic rings. The standard InChI is InChI=1S/C15H15N5O/c1-10-18-12-8-11(4-5-13(12)20(10)2)9-14(21)19-15-16-6-3-7-17-15/h3-8H,9H2,1-2H3,(H,16,17,19,21). The van der Waals surface area contributed by atoms with Crippen molar-refractivity contribution in [1.29, 1.82) is 0 Å². The average molecular weight is 281 g/mol. The Morgan fingerprint density at radius 1 is 1.29 bits per heavy atom. The van der Waals surface area contributed by atoms with E-state index in [1.165, 1.54) is 0 Å². The molecule has 106 valence electrons. The number of benzene rings is 1. The van der Waals surface area contributed by atoms with Gasteiger partial charge in [0.15, 0.2) is 0 Å². The third-order valence-corrected chi connectivity index (χ3v) is 3.35. The topological polar surface area (TPSA) is 72.7 Å². The number of fused-ring (bicyclic) bond motifs is 1. The average Bonchev–Trinajstić information content (AvgIpc) is 2.74. The van der Waals surface area contributed by atoms with Crippen LogP contribution in [0.3, 0.4) is 0 Å². The van der Waals surface area contributed by atoms with Gasteiger partial charge in [-0.25, -0.2) is 15.0 Å². The van der Waals surface area contributed by atoms with E-state index in [9.17, 15) is 4.79 Å². The van der Waals surface area contributed by atoms with Crippen LogP contribution in [0.15, 0.2) is 36.7 Å². The summed E-state index contributed by atoms with van der Waals surface area (Å²) in [7, 11) is 1.98. The third kappa shape index (κ3) is 2.74. The van der Waals surface area contributed by atoms with Gasteiger partial charge in [0.1, 0.15) is 5.82 Å². The highest BCUT2D eigenvalue weighted by atomic mass is 16.1. The van der Waals surface area contributed by atoms with Gasteiger partial charge in [-0.15, -0.1) is 0 Å². The van der Waals surface area contributed by atoms with Crippen molar-refractivity contribution < 1.29 is 4.79 Å². The van der Waals surface area contributed by atoms with Crippen LogP contribution in [-0.4, -0.2) is 25.4 Å². The molecule has 0 aliphatic heterocycles. The normalized spacial score (nSPS) is 10.8. The molecule has 0 fully saturated rings. The molecule has 0 atom stereocenters. The van der Waals surface area contributed by atoms with Gasteiger partial charge in [-0.05, 0) is 30.7 Å². The monoisotopic (exact) mass is 281 g/mol. The Morgan fingerprint density at radius 2 is 2.05 bits per heavy atom. The third-order valence-electron chi connectivity index (χ3n) is 3.35. The minimum atomic E-state index is -0.145. The van der Waals surface area contributed by atoms with Crippen LogP contribution in [-0.2, 0) is 18.3 Å². The molecule has 6 heteroatoms. The van der Waals surface area contributed by atoms with Gasteiger partial charge in [0, 0.05) is 19.4 Å². The van der Waals surface area contributed by atoms with Crippen molar-refractivity contribution >= 4 is 22.9 Å². The summed E-state index contributed by atoms with van der Waals surface area (Å²) in [6.07, 6.45) is 3.44. The van der Waals surface area contributed by atoms with Gasteiger partial charge in [0.05, 0.1) is 17.5 Å². The van der Waals surface area contributed by atoms with Crippen LogP contribution in [0.25, 0.3) is 11.0 Å². The molecule has 0 bridgehead atoms. The highest BCUT2D eigenvalue weighted by molar-refractivity contribution is 5.91. The van der Waals surface area contributed by atoms with E-state index in [0.29, 0.717) is 5.95 Å². The van der Waals surface area contributed by atoms with Gasteiger partial charge in [-0.2, -0.15) is 0 Å². The fourth-order valence-electron chi connectivity index (χ4n) is 2.19. The molecule has 0 saturated carbocycles. The number of nitrogens with one attached hydrogen (secondary N) is 1. The molecule has 0 aliphatic carbocycles. The van der Waals surface area contributed by atoms with Crippen molar-refractivity contribution in [2.75, 3.05) is 5.32 Å². The van der Waals surface area contributed by atoms with Gasteiger partial charge >= 0.3 is 0 Å². The maximum Gasteiger partial charge on any atom is 0.231 e. The lowest BCUT2D eigenvalue weighted by molar-refractivity contribution is -0.115. The Kier molecular flexibility index (Phi) is 3.35. The minimum Gasteiger partial charge on any atom is -0.331 e. The first-order valence-corrected chi connectivity index (χ1v) is 6.62. The molecule has 0 unspecified atom stereocenters. The second-order valence-corrected chi connectivity index (χ2v) is 4.84. The van der Waals surface area contributed by atoms with Crippen LogP contribution in [0, 0.1) is 6.92 Å². The molecule has 0 spiro atoms. The van der Waals surface area contributed by atoms with Crippen molar-refractivity contribution in [2.24, 2.45) is 7.05 Å². The number of imidazole rings is 1. The van der Waals surface area contributed by atoms with Crippen molar-refractivity contribution in [3.63, 3.8) is 0 Å². The summed E-state index contributed by atoms with van der Waals surface area (Å²) in [5, 5.41) is 2.67. The predicted molar refractivity (Wildman–Crippen MR) is 79.8 cm³/mol. The number of carbonyl (C=O) groups is 1. The Bertz CT molecular complexity index is 794. The molecule has 0 radical (unpaired) electrons.